The summed E-state index contributed by atoms with van der Waals surface area (Å²) in [5, 5.41) is 1.83. The zero-order chi connectivity index (χ0) is 17.1. The molecule has 3 rings (SSSR count). The fourth-order valence-corrected chi connectivity index (χ4v) is 2.95. The molecule has 1 atom stereocenters. The monoisotopic (exact) mass is 327 g/mol. The molecule has 1 aliphatic rings. The average Bonchev–Trinajstić information content (AvgIpc) is 2.84. The number of quaternary nitrogens is 1. The molecule has 1 heterocycles. The Bertz CT molecular complexity index is 758. The Balaban J connectivity index is 1.62. The van der Waals surface area contributed by atoms with Gasteiger partial charge in [0.05, 0.1) is 18.7 Å². The van der Waals surface area contributed by atoms with Crippen molar-refractivity contribution in [2.75, 3.05) is 11.4 Å². The summed E-state index contributed by atoms with van der Waals surface area (Å²) in [6, 6.07) is 13.5. The molecule has 2 N–H and O–H groups in total. The zero-order valence-electron chi connectivity index (χ0n) is 13.5. The van der Waals surface area contributed by atoms with Gasteiger partial charge >= 0.3 is 0 Å². The van der Waals surface area contributed by atoms with Crippen molar-refractivity contribution in [3.05, 3.63) is 65.5 Å². The molecule has 2 aromatic carbocycles. The van der Waals surface area contributed by atoms with Crippen molar-refractivity contribution in [3.8, 4) is 0 Å². The van der Waals surface area contributed by atoms with E-state index in [4.69, 9.17) is 0 Å². The van der Waals surface area contributed by atoms with E-state index in [1.807, 2.05) is 24.4 Å². The third kappa shape index (κ3) is 3.36. The largest absolute Gasteiger partial charge is 0.335 e. The molecule has 0 saturated carbocycles. The Kier molecular flexibility index (Phi) is 4.71. The number of anilines is 1. The zero-order valence-corrected chi connectivity index (χ0v) is 13.5. The van der Waals surface area contributed by atoms with Gasteiger partial charge in [-0.2, -0.15) is 0 Å². The molecular weight excluding hydrogens is 307 g/mol. The summed E-state index contributed by atoms with van der Waals surface area (Å²) in [5.74, 6) is -0.616. The normalized spacial score (nSPS) is 17.6. The van der Waals surface area contributed by atoms with Gasteiger partial charge in [0.1, 0.15) is 5.82 Å². The second-order valence-electron chi connectivity index (χ2n) is 6.08. The summed E-state index contributed by atoms with van der Waals surface area (Å²) in [5.41, 5.74) is 2.31. The molecule has 2 aromatic rings. The number of halogens is 1. The van der Waals surface area contributed by atoms with Crippen LogP contribution in [0, 0.1) is 12.7 Å². The molecule has 1 unspecified atom stereocenters. The molecule has 24 heavy (non-hydrogen) atoms. The highest BCUT2D eigenvalue weighted by molar-refractivity contribution is 6.21. The first-order valence-corrected chi connectivity index (χ1v) is 8.06. The quantitative estimate of drug-likeness (QED) is 0.848. The molecule has 4 nitrogen and oxygen atoms in total. The summed E-state index contributed by atoms with van der Waals surface area (Å²) in [7, 11) is 0. The van der Waals surface area contributed by atoms with Crippen molar-refractivity contribution in [1.29, 1.82) is 0 Å². The lowest BCUT2D eigenvalue weighted by atomic mass is 10.1. The van der Waals surface area contributed by atoms with Gasteiger partial charge in [-0.25, -0.2) is 9.29 Å². The van der Waals surface area contributed by atoms with Crippen LogP contribution in [0.4, 0.5) is 10.1 Å². The minimum Gasteiger partial charge on any atom is -0.335 e. The van der Waals surface area contributed by atoms with Crippen molar-refractivity contribution in [2.45, 2.75) is 25.8 Å². The van der Waals surface area contributed by atoms with Crippen molar-refractivity contribution in [1.82, 2.24) is 0 Å². The number of carbonyl (C=O) groups is 2. The third-order valence-corrected chi connectivity index (χ3v) is 4.30. The summed E-state index contributed by atoms with van der Waals surface area (Å²) >= 11 is 0. The number of rotatable bonds is 5. The Morgan fingerprint density at radius 2 is 1.83 bits per heavy atom. The van der Waals surface area contributed by atoms with Gasteiger partial charge in [-0.3, -0.25) is 9.59 Å². The van der Waals surface area contributed by atoms with Gasteiger partial charge in [0.25, 0.3) is 5.91 Å². The van der Waals surface area contributed by atoms with E-state index in [1.165, 1.54) is 11.0 Å². The van der Waals surface area contributed by atoms with Crippen LogP contribution in [-0.4, -0.2) is 24.4 Å². The maximum atomic E-state index is 13.6. The highest BCUT2D eigenvalue weighted by Gasteiger charge is 2.41. The number of nitrogens with two attached hydrogens (primary N) is 1. The maximum Gasteiger partial charge on any atom is 0.292 e. The Morgan fingerprint density at radius 1 is 1.12 bits per heavy atom. The number of nitrogens with zero attached hydrogens (tertiary/aromatic N) is 1. The predicted octanol–water partition coefficient (Wildman–Crippen LogP) is 1.57. The van der Waals surface area contributed by atoms with Gasteiger partial charge in [-0.05, 0) is 30.7 Å². The SMILES string of the molecule is Cc1ccc(N2C(=O)CC([NH2+]CCc3ccccc3F)C2=O)cc1. The van der Waals surface area contributed by atoms with Crippen LogP contribution in [0.2, 0.25) is 0 Å². The van der Waals surface area contributed by atoms with E-state index in [9.17, 15) is 14.0 Å². The first kappa shape index (κ1) is 16.3. The van der Waals surface area contributed by atoms with E-state index >= 15 is 0 Å². The number of hydrogen-bond donors (Lipinski definition) is 1. The average molecular weight is 327 g/mol. The number of benzene rings is 2. The first-order chi connectivity index (χ1) is 11.6. The molecule has 124 valence electrons. The standard InChI is InChI=1S/C19H19FN2O2/c1-13-6-8-15(9-7-13)22-18(23)12-17(19(22)24)21-11-10-14-4-2-3-5-16(14)20/h2-9,17,21H,10-12H2,1H3/p+1. The number of carbonyl (C=O) groups excluding carboxylic acids is 2. The van der Waals surface area contributed by atoms with Gasteiger partial charge in [0.15, 0.2) is 6.04 Å². The summed E-state index contributed by atoms with van der Waals surface area (Å²) in [4.78, 5) is 26.0. The van der Waals surface area contributed by atoms with Gasteiger partial charge in [-0.15, -0.1) is 0 Å². The van der Waals surface area contributed by atoms with Crippen LogP contribution >= 0.6 is 0 Å². The van der Waals surface area contributed by atoms with Crippen molar-refractivity contribution >= 4 is 17.5 Å². The number of imide groups is 1. The van der Waals surface area contributed by atoms with Crippen LogP contribution in [0.3, 0.4) is 0 Å². The van der Waals surface area contributed by atoms with Crippen molar-refractivity contribution in [2.24, 2.45) is 0 Å². The lowest BCUT2D eigenvalue weighted by molar-refractivity contribution is -0.674. The Hall–Kier alpha value is -2.53. The molecule has 0 radical (unpaired) electrons. The highest BCUT2D eigenvalue weighted by atomic mass is 19.1. The lowest BCUT2D eigenvalue weighted by Crippen LogP contribution is -2.92. The molecule has 1 aliphatic heterocycles. The first-order valence-electron chi connectivity index (χ1n) is 8.06. The fraction of sp³-hybridized carbons (Fsp3) is 0.263. The second-order valence-corrected chi connectivity index (χ2v) is 6.08. The van der Waals surface area contributed by atoms with E-state index in [-0.39, 0.29) is 24.1 Å². The van der Waals surface area contributed by atoms with E-state index in [1.54, 1.807) is 30.3 Å². The smallest absolute Gasteiger partial charge is 0.292 e. The lowest BCUT2D eigenvalue weighted by Gasteiger charge is -2.14. The van der Waals surface area contributed by atoms with Gasteiger partial charge in [-0.1, -0.05) is 35.9 Å². The van der Waals surface area contributed by atoms with Crippen LogP contribution < -0.4 is 10.2 Å². The predicted molar refractivity (Wildman–Crippen MR) is 89.0 cm³/mol. The topological polar surface area (TPSA) is 54.0 Å². The van der Waals surface area contributed by atoms with E-state index in [0.29, 0.717) is 24.2 Å². The Labute approximate surface area is 140 Å². The van der Waals surface area contributed by atoms with Gasteiger partial charge < -0.3 is 5.32 Å². The van der Waals surface area contributed by atoms with Crippen LogP contribution in [-0.2, 0) is 16.0 Å². The van der Waals surface area contributed by atoms with Crippen molar-refractivity contribution in [3.63, 3.8) is 0 Å². The molecule has 2 amide bonds. The number of amides is 2. The molecule has 1 fully saturated rings. The second kappa shape index (κ2) is 6.93. The minimum atomic E-state index is -0.425. The van der Waals surface area contributed by atoms with Gasteiger partial charge in [0, 0.05) is 6.42 Å². The molecule has 0 aromatic heterocycles. The molecule has 0 spiro atoms. The molecule has 5 heteroatoms. The van der Waals surface area contributed by atoms with Gasteiger partial charge in [0.2, 0.25) is 5.91 Å². The number of aryl methyl sites for hydroxylation is 1. The van der Waals surface area contributed by atoms with Crippen LogP contribution in [0.15, 0.2) is 48.5 Å². The third-order valence-electron chi connectivity index (χ3n) is 4.30. The molecule has 0 aliphatic carbocycles. The maximum absolute atomic E-state index is 13.6. The summed E-state index contributed by atoms with van der Waals surface area (Å²) < 4.78 is 13.6. The highest BCUT2D eigenvalue weighted by Crippen LogP contribution is 2.21. The summed E-state index contributed by atoms with van der Waals surface area (Å²) in [6.45, 7) is 2.52. The molecule has 1 saturated heterocycles. The summed E-state index contributed by atoms with van der Waals surface area (Å²) in [6.07, 6.45) is 0.707. The van der Waals surface area contributed by atoms with Crippen LogP contribution in [0.5, 0.6) is 0 Å². The Morgan fingerprint density at radius 3 is 2.54 bits per heavy atom. The van der Waals surface area contributed by atoms with Crippen LogP contribution in [0.25, 0.3) is 0 Å². The van der Waals surface area contributed by atoms with E-state index in [0.717, 1.165) is 5.56 Å². The van der Waals surface area contributed by atoms with Crippen LogP contribution in [0.1, 0.15) is 17.5 Å². The minimum absolute atomic E-state index is 0.184. The van der Waals surface area contributed by atoms with E-state index in [2.05, 4.69) is 0 Å². The number of hydrogen-bond acceptors (Lipinski definition) is 2. The van der Waals surface area contributed by atoms with E-state index < -0.39 is 6.04 Å². The fourth-order valence-electron chi connectivity index (χ4n) is 2.95. The molecular formula is C19H20FN2O2+. The van der Waals surface area contributed by atoms with Crippen molar-refractivity contribution < 1.29 is 19.3 Å². The molecule has 0 bridgehead atoms.